The summed E-state index contributed by atoms with van der Waals surface area (Å²) in [5.74, 6) is -0.809. The van der Waals surface area contributed by atoms with Gasteiger partial charge in [-0.15, -0.1) is 0 Å². The van der Waals surface area contributed by atoms with Gasteiger partial charge >= 0.3 is 0 Å². The van der Waals surface area contributed by atoms with E-state index in [2.05, 4.69) is 20.7 Å². The lowest BCUT2D eigenvalue weighted by molar-refractivity contribution is 0.142. The quantitative estimate of drug-likeness (QED) is 0.861. The minimum absolute atomic E-state index is 0.273. The summed E-state index contributed by atoms with van der Waals surface area (Å²) in [5, 5.41) is 9.54. The average Bonchev–Trinajstić information content (AvgIpc) is 2.38. The molecule has 1 saturated carbocycles. The Bertz CT molecular complexity index is 585. The number of hydrogen-bond acceptors (Lipinski definition) is 3. The molecule has 1 fully saturated rings. The average molecular weight is 366 g/mol. The van der Waals surface area contributed by atoms with Gasteiger partial charge in [-0.05, 0) is 31.0 Å². The van der Waals surface area contributed by atoms with Crippen LogP contribution in [0.25, 0.3) is 0 Å². The Morgan fingerprint density at radius 3 is 2.50 bits per heavy atom. The van der Waals surface area contributed by atoms with Gasteiger partial charge in [-0.25, -0.2) is 17.5 Å². The van der Waals surface area contributed by atoms with Crippen LogP contribution < -0.4 is 4.72 Å². The number of aliphatic hydroxyl groups is 1. The Morgan fingerprint density at radius 2 is 1.95 bits per heavy atom. The van der Waals surface area contributed by atoms with E-state index in [0.717, 1.165) is 25.3 Å². The summed E-state index contributed by atoms with van der Waals surface area (Å²) in [6.45, 7) is -0.273. The van der Waals surface area contributed by atoms with Gasteiger partial charge in [0.15, 0.2) is 0 Å². The van der Waals surface area contributed by atoms with E-state index in [4.69, 9.17) is 0 Å². The Labute approximate surface area is 126 Å². The topological polar surface area (TPSA) is 66.4 Å². The third-order valence-electron chi connectivity index (χ3n) is 3.65. The Balaban J connectivity index is 2.30. The van der Waals surface area contributed by atoms with Gasteiger partial charge in [0, 0.05) is 4.47 Å². The van der Waals surface area contributed by atoms with Crippen molar-refractivity contribution in [2.75, 3.05) is 6.61 Å². The predicted octanol–water partition coefficient (Wildman–Crippen LogP) is 2.56. The molecular formula is C13H17BrFNO3S. The lowest BCUT2D eigenvalue weighted by Crippen LogP contribution is -2.52. The largest absolute Gasteiger partial charge is 0.394 e. The normalized spacial score (nSPS) is 18.9. The van der Waals surface area contributed by atoms with Gasteiger partial charge in [0.2, 0.25) is 10.0 Å². The molecule has 0 atom stereocenters. The Morgan fingerprint density at radius 1 is 1.30 bits per heavy atom. The van der Waals surface area contributed by atoms with Crippen molar-refractivity contribution < 1.29 is 17.9 Å². The number of rotatable bonds is 4. The van der Waals surface area contributed by atoms with Gasteiger partial charge < -0.3 is 5.11 Å². The van der Waals surface area contributed by atoms with Crippen molar-refractivity contribution in [2.24, 2.45) is 0 Å². The molecule has 1 aromatic rings. The molecule has 112 valence electrons. The standard InChI is InChI=1S/C13H17BrFNO3S/c14-10-4-5-12(11(15)8-10)20(18,19)16-13(9-17)6-2-1-3-7-13/h4-5,8,16-17H,1-3,6-7,9H2. The van der Waals surface area contributed by atoms with Crippen LogP contribution in [0.5, 0.6) is 0 Å². The fourth-order valence-electron chi connectivity index (χ4n) is 2.55. The molecule has 0 bridgehead atoms. The highest BCUT2D eigenvalue weighted by Gasteiger charge is 2.36. The molecule has 20 heavy (non-hydrogen) atoms. The summed E-state index contributed by atoms with van der Waals surface area (Å²) in [7, 11) is -3.98. The minimum Gasteiger partial charge on any atom is -0.394 e. The first-order chi connectivity index (χ1) is 9.38. The monoisotopic (exact) mass is 365 g/mol. The van der Waals surface area contributed by atoms with Gasteiger partial charge in [-0.2, -0.15) is 0 Å². The van der Waals surface area contributed by atoms with Crippen LogP contribution in [0.4, 0.5) is 4.39 Å². The molecule has 0 spiro atoms. The summed E-state index contributed by atoms with van der Waals surface area (Å²) in [6.07, 6.45) is 3.87. The van der Waals surface area contributed by atoms with E-state index in [0.29, 0.717) is 17.3 Å². The molecule has 1 aliphatic rings. The second-order valence-electron chi connectivity index (χ2n) is 5.18. The van der Waals surface area contributed by atoms with Crippen LogP contribution in [0.2, 0.25) is 0 Å². The number of benzene rings is 1. The van der Waals surface area contributed by atoms with Crippen molar-refractivity contribution >= 4 is 26.0 Å². The van der Waals surface area contributed by atoms with E-state index in [1.165, 1.54) is 12.1 Å². The van der Waals surface area contributed by atoms with Crippen LogP contribution in [0.15, 0.2) is 27.6 Å². The van der Waals surface area contributed by atoms with Gasteiger partial charge in [-0.1, -0.05) is 35.2 Å². The molecule has 1 aromatic carbocycles. The molecule has 1 aliphatic carbocycles. The predicted molar refractivity (Wildman–Crippen MR) is 77.3 cm³/mol. The molecule has 2 N–H and O–H groups in total. The van der Waals surface area contributed by atoms with Crippen LogP contribution in [-0.2, 0) is 10.0 Å². The molecular weight excluding hydrogens is 349 g/mol. The number of hydrogen-bond donors (Lipinski definition) is 2. The maximum absolute atomic E-state index is 13.8. The van der Waals surface area contributed by atoms with E-state index in [1.54, 1.807) is 0 Å². The Kier molecular flexibility index (Phi) is 4.84. The van der Waals surface area contributed by atoms with Crippen molar-refractivity contribution in [1.29, 1.82) is 0 Å². The molecule has 0 amide bonds. The van der Waals surface area contributed by atoms with E-state index in [9.17, 15) is 17.9 Å². The van der Waals surface area contributed by atoms with Crippen LogP contribution >= 0.6 is 15.9 Å². The molecule has 0 saturated heterocycles. The number of sulfonamides is 1. The summed E-state index contributed by atoms with van der Waals surface area (Å²) < 4.78 is 41.4. The van der Waals surface area contributed by atoms with E-state index < -0.39 is 21.4 Å². The molecule has 4 nitrogen and oxygen atoms in total. The van der Waals surface area contributed by atoms with Crippen molar-refractivity contribution in [3.05, 3.63) is 28.5 Å². The maximum Gasteiger partial charge on any atom is 0.244 e. The SMILES string of the molecule is O=S(=O)(NC1(CO)CCCCC1)c1ccc(Br)cc1F. The second-order valence-corrected chi connectivity index (χ2v) is 7.75. The number of nitrogens with one attached hydrogen (secondary N) is 1. The van der Waals surface area contributed by atoms with Gasteiger partial charge in [0.05, 0.1) is 12.1 Å². The maximum atomic E-state index is 13.8. The minimum atomic E-state index is -3.98. The van der Waals surface area contributed by atoms with E-state index >= 15 is 0 Å². The first-order valence-corrected chi connectivity index (χ1v) is 8.76. The Hall–Kier alpha value is -0.500. The fourth-order valence-corrected chi connectivity index (χ4v) is 4.40. The first kappa shape index (κ1) is 15.9. The number of halogens is 2. The molecule has 0 heterocycles. The zero-order valence-electron chi connectivity index (χ0n) is 10.9. The second kappa shape index (κ2) is 6.09. The van der Waals surface area contributed by atoms with Crippen molar-refractivity contribution in [1.82, 2.24) is 4.72 Å². The highest BCUT2D eigenvalue weighted by atomic mass is 79.9. The van der Waals surface area contributed by atoms with Gasteiger partial charge in [-0.3, -0.25) is 0 Å². The highest BCUT2D eigenvalue weighted by molar-refractivity contribution is 9.10. The third-order valence-corrected chi connectivity index (χ3v) is 5.75. The van der Waals surface area contributed by atoms with Crippen LogP contribution in [-0.4, -0.2) is 25.7 Å². The van der Waals surface area contributed by atoms with Crippen molar-refractivity contribution in [2.45, 2.75) is 42.5 Å². The third kappa shape index (κ3) is 3.39. The highest BCUT2D eigenvalue weighted by Crippen LogP contribution is 2.30. The summed E-state index contributed by atoms with van der Waals surface area (Å²) in [5.41, 5.74) is -0.864. The molecule has 7 heteroatoms. The van der Waals surface area contributed by atoms with E-state index in [-0.39, 0.29) is 11.5 Å². The van der Waals surface area contributed by atoms with Crippen molar-refractivity contribution in [3.8, 4) is 0 Å². The van der Waals surface area contributed by atoms with Gasteiger partial charge in [0.1, 0.15) is 10.7 Å². The van der Waals surface area contributed by atoms with Gasteiger partial charge in [0.25, 0.3) is 0 Å². The van der Waals surface area contributed by atoms with Crippen molar-refractivity contribution in [3.63, 3.8) is 0 Å². The lowest BCUT2D eigenvalue weighted by Gasteiger charge is -2.36. The van der Waals surface area contributed by atoms with Crippen LogP contribution in [0.1, 0.15) is 32.1 Å². The molecule has 0 radical (unpaired) electrons. The molecule has 0 unspecified atom stereocenters. The first-order valence-electron chi connectivity index (χ1n) is 6.48. The smallest absolute Gasteiger partial charge is 0.244 e. The summed E-state index contributed by atoms with van der Waals surface area (Å²) in [4.78, 5) is -0.390. The fraction of sp³-hybridized carbons (Fsp3) is 0.538. The molecule has 2 rings (SSSR count). The van der Waals surface area contributed by atoms with E-state index in [1.807, 2.05) is 0 Å². The zero-order valence-corrected chi connectivity index (χ0v) is 13.3. The molecule has 0 aliphatic heterocycles. The van der Waals surface area contributed by atoms with Crippen LogP contribution in [0, 0.1) is 5.82 Å². The number of aliphatic hydroxyl groups excluding tert-OH is 1. The summed E-state index contributed by atoms with van der Waals surface area (Å²) in [6, 6.07) is 3.81. The lowest BCUT2D eigenvalue weighted by atomic mass is 9.83. The molecule has 0 aromatic heterocycles. The summed E-state index contributed by atoms with van der Waals surface area (Å²) >= 11 is 3.09. The zero-order chi connectivity index (χ0) is 14.8. The van der Waals surface area contributed by atoms with Crippen LogP contribution in [0.3, 0.4) is 0 Å².